The van der Waals surface area contributed by atoms with Crippen LogP contribution in [0.3, 0.4) is 0 Å². The summed E-state index contributed by atoms with van der Waals surface area (Å²) >= 11 is 1.45. The third-order valence-electron chi connectivity index (χ3n) is 3.56. The Morgan fingerprint density at radius 1 is 1.04 bits per heavy atom. The first kappa shape index (κ1) is 16.9. The van der Waals surface area contributed by atoms with Crippen LogP contribution in [0.25, 0.3) is 0 Å². The van der Waals surface area contributed by atoms with Gasteiger partial charge in [-0.05, 0) is 29.8 Å². The fraction of sp³-hybridized carbons (Fsp3) is 0.105. The first-order valence-corrected chi connectivity index (χ1v) is 8.46. The van der Waals surface area contributed by atoms with Gasteiger partial charge in [-0.15, -0.1) is 11.3 Å². The molecule has 0 saturated heterocycles. The summed E-state index contributed by atoms with van der Waals surface area (Å²) in [6, 6.07) is 16.4. The normalized spacial score (nSPS) is 10.3. The summed E-state index contributed by atoms with van der Waals surface area (Å²) in [5.74, 6) is -0.700. The Morgan fingerprint density at radius 2 is 1.72 bits per heavy atom. The molecule has 1 amide bonds. The van der Waals surface area contributed by atoms with E-state index in [0.29, 0.717) is 16.3 Å². The Hall–Kier alpha value is -2.99. The smallest absolute Gasteiger partial charge is 0.337 e. The van der Waals surface area contributed by atoms with Crippen LogP contribution in [0.1, 0.15) is 31.2 Å². The van der Waals surface area contributed by atoms with Crippen molar-refractivity contribution < 1.29 is 14.3 Å². The number of hydrogen-bond donors (Lipinski definition) is 1. The molecule has 0 aliphatic heterocycles. The number of thiazole rings is 1. The van der Waals surface area contributed by atoms with E-state index in [1.54, 1.807) is 30.5 Å². The molecule has 0 atom stereocenters. The molecule has 126 valence electrons. The molecule has 0 fully saturated rings. The minimum Gasteiger partial charge on any atom is -0.465 e. The van der Waals surface area contributed by atoms with E-state index in [4.69, 9.17) is 0 Å². The molecular formula is C19H16N2O3S. The highest BCUT2D eigenvalue weighted by Gasteiger charge is 2.11. The number of methoxy groups -OCH3 is 1. The molecule has 1 aromatic heterocycles. The first-order chi connectivity index (χ1) is 12.2. The number of carbonyl (C=O) groups is 2. The van der Waals surface area contributed by atoms with Gasteiger partial charge in [-0.2, -0.15) is 0 Å². The van der Waals surface area contributed by atoms with E-state index in [1.807, 2.05) is 18.2 Å². The maximum Gasteiger partial charge on any atom is 0.337 e. The minimum atomic E-state index is -0.433. The maximum absolute atomic E-state index is 12.3. The molecule has 0 aliphatic carbocycles. The number of nitrogens with one attached hydrogen (secondary N) is 1. The molecule has 0 radical (unpaired) electrons. The second kappa shape index (κ2) is 7.72. The monoisotopic (exact) mass is 352 g/mol. The van der Waals surface area contributed by atoms with Crippen molar-refractivity contribution in [1.82, 2.24) is 4.98 Å². The highest BCUT2D eigenvalue weighted by Crippen LogP contribution is 2.21. The predicted octanol–water partition coefficient (Wildman–Crippen LogP) is 3.77. The molecule has 0 unspecified atom stereocenters. The van der Waals surface area contributed by atoms with Gasteiger partial charge in [-0.25, -0.2) is 9.78 Å². The van der Waals surface area contributed by atoms with Crippen molar-refractivity contribution in [2.24, 2.45) is 0 Å². The van der Waals surface area contributed by atoms with Crippen LogP contribution in [0.2, 0.25) is 0 Å². The summed E-state index contributed by atoms with van der Waals surface area (Å²) < 4.78 is 4.64. The van der Waals surface area contributed by atoms with Gasteiger partial charge in [0.05, 0.1) is 12.7 Å². The zero-order chi connectivity index (χ0) is 17.6. The summed E-state index contributed by atoms with van der Waals surface area (Å²) in [6.07, 6.45) is 2.55. The molecule has 3 rings (SSSR count). The van der Waals surface area contributed by atoms with E-state index < -0.39 is 5.97 Å². The van der Waals surface area contributed by atoms with Crippen LogP contribution in [-0.2, 0) is 11.2 Å². The van der Waals surface area contributed by atoms with Crippen molar-refractivity contribution in [2.45, 2.75) is 6.42 Å². The number of esters is 1. The van der Waals surface area contributed by atoms with Gasteiger partial charge >= 0.3 is 5.97 Å². The van der Waals surface area contributed by atoms with Crippen LogP contribution in [-0.4, -0.2) is 24.0 Å². The lowest BCUT2D eigenvalue weighted by molar-refractivity contribution is 0.0600. The predicted molar refractivity (Wildman–Crippen MR) is 97.1 cm³/mol. The Balaban J connectivity index is 1.64. The summed E-state index contributed by atoms with van der Waals surface area (Å²) in [5, 5.41) is 3.33. The van der Waals surface area contributed by atoms with Crippen LogP contribution < -0.4 is 5.32 Å². The molecule has 0 spiro atoms. The second-order valence-electron chi connectivity index (χ2n) is 5.32. The van der Waals surface area contributed by atoms with Gasteiger partial charge in [-0.1, -0.05) is 30.3 Å². The van der Waals surface area contributed by atoms with E-state index in [2.05, 4.69) is 27.2 Å². The maximum atomic E-state index is 12.3. The number of ether oxygens (including phenoxy) is 1. The van der Waals surface area contributed by atoms with Gasteiger partial charge in [0.1, 0.15) is 0 Å². The number of aromatic nitrogens is 1. The quantitative estimate of drug-likeness (QED) is 0.710. The van der Waals surface area contributed by atoms with Gasteiger partial charge in [0.2, 0.25) is 0 Å². The Kier molecular flexibility index (Phi) is 5.20. The largest absolute Gasteiger partial charge is 0.465 e. The molecule has 6 heteroatoms. The molecule has 25 heavy (non-hydrogen) atoms. The van der Waals surface area contributed by atoms with Crippen molar-refractivity contribution >= 4 is 28.3 Å². The standard InChI is InChI=1S/C19H16N2O3S/c1-24-18(23)15-9-7-14(8-10-15)17(22)21-19-20-12-16(25-19)11-13-5-3-2-4-6-13/h2-10,12H,11H2,1H3,(H,20,21,22). The van der Waals surface area contributed by atoms with Gasteiger partial charge in [0.15, 0.2) is 5.13 Å². The number of anilines is 1. The summed E-state index contributed by atoms with van der Waals surface area (Å²) in [4.78, 5) is 29.0. The second-order valence-corrected chi connectivity index (χ2v) is 6.43. The van der Waals surface area contributed by atoms with Crippen LogP contribution in [0.4, 0.5) is 5.13 Å². The lowest BCUT2D eigenvalue weighted by atomic mass is 10.1. The lowest BCUT2D eigenvalue weighted by Gasteiger charge is -2.03. The zero-order valence-electron chi connectivity index (χ0n) is 13.6. The molecule has 0 aliphatic rings. The van der Waals surface area contributed by atoms with E-state index in [0.717, 1.165) is 11.3 Å². The van der Waals surface area contributed by atoms with Crippen molar-refractivity contribution in [1.29, 1.82) is 0 Å². The van der Waals surface area contributed by atoms with Crippen LogP contribution in [0.5, 0.6) is 0 Å². The van der Waals surface area contributed by atoms with Gasteiger partial charge in [-0.3, -0.25) is 10.1 Å². The molecule has 0 saturated carbocycles. The van der Waals surface area contributed by atoms with Crippen LogP contribution >= 0.6 is 11.3 Å². The van der Waals surface area contributed by atoms with E-state index in [-0.39, 0.29) is 5.91 Å². The Labute approximate surface area is 149 Å². The number of hydrogen-bond acceptors (Lipinski definition) is 5. The molecular weight excluding hydrogens is 336 g/mol. The van der Waals surface area contributed by atoms with Gasteiger partial charge in [0, 0.05) is 23.1 Å². The third kappa shape index (κ3) is 4.30. The highest BCUT2D eigenvalue weighted by atomic mass is 32.1. The number of rotatable bonds is 5. The molecule has 2 aromatic carbocycles. The number of benzene rings is 2. The Bertz CT molecular complexity index is 873. The first-order valence-electron chi connectivity index (χ1n) is 7.64. The number of nitrogens with zero attached hydrogens (tertiary/aromatic N) is 1. The molecule has 3 aromatic rings. The minimum absolute atomic E-state index is 0.267. The average molecular weight is 352 g/mol. The highest BCUT2D eigenvalue weighted by molar-refractivity contribution is 7.15. The molecule has 5 nitrogen and oxygen atoms in total. The van der Waals surface area contributed by atoms with Crippen LogP contribution in [0, 0.1) is 0 Å². The van der Waals surface area contributed by atoms with E-state index in [1.165, 1.54) is 24.0 Å². The van der Waals surface area contributed by atoms with Crippen molar-refractivity contribution in [2.75, 3.05) is 12.4 Å². The fourth-order valence-corrected chi connectivity index (χ4v) is 3.13. The topological polar surface area (TPSA) is 68.3 Å². The molecule has 1 heterocycles. The number of amides is 1. The molecule has 0 bridgehead atoms. The van der Waals surface area contributed by atoms with E-state index >= 15 is 0 Å². The summed E-state index contributed by atoms with van der Waals surface area (Å²) in [7, 11) is 1.32. The summed E-state index contributed by atoms with van der Waals surface area (Å²) in [5.41, 5.74) is 2.05. The number of carbonyl (C=O) groups excluding carboxylic acids is 2. The Morgan fingerprint density at radius 3 is 2.40 bits per heavy atom. The van der Waals surface area contributed by atoms with E-state index in [9.17, 15) is 9.59 Å². The zero-order valence-corrected chi connectivity index (χ0v) is 14.4. The van der Waals surface area contributed by atoms with Crippen molar-refractivity contribution in [3.05, 3.63) is 82.4 Å². The van der Waals surface area contributed by atoms with Crippen molar-refractivity contribution in [3.8, 4) is 0 Å². The lowest BCUT2D eigenvalue weighted by Crippen LogP contribution is -2.12. The fourth-order valence-electron chi connectivity index (χ4n) is 2.29. The average Bonchev–Trinajstić information content (AvgIpc) is 3.08. The van der Waals surface area contributed by atoms with Crippen molar-refractivity contribution in [3.63, 3.8) is 0 Å². The van der Waals surface area contributed by atoms with Gasteiger partial charge in [0.25, 0.3) is 5.91 Å². The molecule has 1 N–H and O–H groups in total. The SMILES string of the molecule is COC(=O)c1ccc(C(=O)Nc2ncc(Cc3ccccc3)s2)cc1. The van der Waals surface area contributed by atoms with Crippen LogP contribution in [0.15, 0.2) is 60.8 Å². The third-order valence-corrected chi connectivity index (χ3v) is 4.48. The summed E-state index contributed by atoms with van der Waals surface area (Å²) in [6.45, 7) is 0. The van der Waals surface area contributed by atoms with Gasteiger partial charge < -0.3 is 4.74 Å².